The second-order valence-electron chi connectivity index (χ2n) is 5.97. The minimum Gasteiger partial charge on any atom is -0.342 e. The van der Waals surface area contributed by atoms with Gasteiger partial charge in [0.05, 0.1) is 5.75 Å². The van der Waals surface area contributed by atoms with Gasteiger partial charge in [-0.15, -0.1) is 5.10 Å². The van der Waals surface area contributed by atoms with Gasteiger partial charge < -0.3 is 4.90 Å². The summed E-state index contributed by atoms with van der Waals surface area (Å²) in [7, 11) is 0. The first kappa shape index (κ1) is 16.3. The van der Waals surface area contributed by atoms with Crippen LogP contribution in [0.2, 0.25) is 0 Å². The second kappa shape index (κ2) is 8.36. The quantitative estimate of drug-likeness (QED) is 0.780. The number of hydrogen-bond acceptors (Lipinski definition) is 5. The summed E-state index contributed by atoms with van der Waals surface area (Å²) in [6.45, 7) is 6.84. The van der Waals surface area contributed by atoms with Crippen LogP contribution in [-0.4, -0.2) is 49.9 Å². The lowest BCUT2D eigenvalue weighted by atomic mass is 10.1. The Balaban J connectivity index is 1.84. The molecule has 0 N–H and O–H groups in total. The van der Waals surface area contributed by atoms with E-state index in [0.29, 0.717) is 11.7 Å². The lowest BCUT2D eigenvalue weighted by Crippen LogP contribution is -2.35. The first-order valence-electron chi connectivity index (χ1n) is 7.83. The van der Waals surface area contributed by atoms with Gasteiger partial charge in [0.1, 0.15) is 0 Å². The summed E-state index contributed by atoms with van der Waals surface area (Å²) in [6.07, 6.45) is 6.04. The van der Waals surface area contributed by atoms with E-state index in [-0.39, 0.29) is 5.91 Å². The van der Waals surface area contributed by atoms with Crippen LogP contribution >= 0.6 is 11.8 Å². The number of rotatable bonds is 5. The van der Waals surface area contributed by atoms with Crippen LogP contribution in [0.25, 0.3) is 0 Å². The van der Waals surface area contributed by atoms with Gasteiger partial charge in [0.2, 0.25) is 11.1 Å². The molecule has 0 aliphatic carbocycles. The van der Waals surface area contributed by atoms with Crippen molar-refractivity contribution in [3.63, 3.8) is 0 Å². The first-order valence-corrected chi connectivity index (χ1v) is 8.82. The number of carbonyl (C=O) groups excluding carboxylic acids is 1. The van der Waals surface area contributed by atoms with Crippen LogP contribution in [0.4, 0.5) is 0 Å². The average Bonchev–Trinajstić information content (AvgIpc) is 2.82. The van der Waals surface area contributed by atoms with E-state index in [2.05, 4.69) is 29.4 Å². The maximum Gasteiger partial charge on any atom is 0.233 e. The van der Waals surface area contributed by atoms with E-state index >= 15 is 0 Å². The van der Waals surface area contributed by atoms with E-state index in [4.69, 9.17) is 0 Å². The predicted octanol–water partition coefficient (Wildman–Crippen LogP) is 2.21. The fourth-order valence-electron chi connectivity index (χ4n) is 2.47. The summed E-state index contributed by atoms with van der Waals surface area (Å²) in [6, 6.07) is 0. The van der Waals surface area contributed by atoms with E-state index in [1.807, 2.05) is 4.90 Å². The Morgan fingerprint density at radius 1 is 1.19 bits per heavy atom. The second-order valence-corrected chi connectivity index (χ2v) is 6.92. The molecule has 0 radical (unpaired) electrons. The number of carbonyl (C=O) groups is 1. The molecule has 118 valence electrons. The van der Waals surface area contributed by atoms with Gasteiger partial charge in [-0.2, -0.15) is 0 Å². The lowest BCUT2D eigenvalue weighted by Gasteiger charge is -2.24. The number of thioether (sulfide) groups is 1. The zero-order chi connectivity index (χ0) is 15.1. The van der Waals surface area contributed by atoms with Crippen molar-refractivity contribution in [2.75, 3.05) is 18.8 Å². The van der Waals surface area contributed by atoms with Crippen molar-refractivity contribution in [1.82, 2.24) is 25.1 Å². The summed E-state index contributed by atoms with van der Waals surface area (Å²) in [4.78, 5) is 14.3. The molecular weight excluding hydrogens is 286 g/mol. The molecule has 0 bridgehead atoms. The molecule has 7 heteroatoms. The molecule has 2 rings (SSSR count). The monoisotopic (exact) mass is 311 g/mol. The SMILES string of the molecule is CC(C)Cn1nnnc1SCC(=O)N1CCCCCCC1. The number of nitrogens with zero attached hydrogens (tertiary/aromatic N) is 5. The molecule has 0 saturated carbocycles. The fourth-order valence-corrected chi connectivity index (χ4v) is 3.26. The van der Waals surface area contributed by atoms with Crippen LogP contribution in [0.3, 0.4) is 0 Å². The molecule has 0 spiro atoms. The zero-order valence-corrected chi connectivity index (χ0v) is 13.8. The highest BCUT2D eigenvalue weighted by Gasteiger charge is 2.17. The van der Waals surface area contributed by atoms with E-state index in [1.54, 1.807) is 4.68 Å². The Kier molecular flexibility index (Phi) is 6.48. The van der Waals surface area contributed by atoms with Gasteiger partial charge in [0.25, 0.3) is 0 Å². The van der Waals surface area contributed by atoms with Crippen LogP contribution in [-0.2, 0) is 11.3 Å². The van der Waals surface area contributed by atoms with E-state index in [0.717, 1.165) is 37.6 Å². The molecule has 6 nitrogen and oxygen atoms in total. The summed E-state index contributed by atoms with van der Waals surface area (Å²) in [5.41, 5.74) is 0. The van der Waals surface area contributed by atoms with Crippen molar-refractivity contribution in [3.8, 4) is 0 Å². The highest BCUT2D eigenvalue weighted by molar-refractivity contribution is 7.99. The number of aromatic nitrogens is 4. The first-order chi connectivity index (χ1) is 10.2. The normalized spacial score (nSPS) is 16.8. The van der Waals surface area contributed by atoms with Crippen molar-refractivity contribution < 1.29 is 4.79 Å². The smallest absolute Gasteiger partial charge is 0.233 e. The van der Waals surface area contributed by atoms with Crippen molar-refractivity contribution >= 4 is 17.7 Å². The molecule has 1 saturated heterocycles. The Hall–Kier alpha value is -1.11. The highest BCUT2D eigenvalue weighted by atomic mass is 32.2. The Bertz CT molecular complexity index is 440. The van der Waals surface area contributed by atoms with E-state index in [1.165, 1.54) is 31.0 Å². The van der Waals surface area contributed by atoms with Gasteiger partial charge in [-0.1, -0.05) is 44.9 Å². The van der Waals surface area contributed by atoms with Gasteiger partial charge in [-0.05, 0) is 29.2 Å². The number of amides is 1. The van der Waals surface area contributed by atoms with Crippen LogP contribution in [0.5, 0.6) is 0 Å². The number of hydrogen-bond donors (Lipinski definition) is 0. The number of tetrazole rings is 1. The molecule has 1 aromatic heterocycles. The van der Waals surface area contributed by atoms with Gasteiger partial charge in [-0.25, -0.2) is 4.68 Å². The van der Waals surface area contributed by atoms with Gasteiger partial charge in [-0.3, -0.25) is 4.79 Å². The molecule has 0 atom stereocenters. The predicted molar refractivity (Wildman–Crippen MR) is 83.0 cm³/mol. The maximum absolute atomic E-state index is 12.3. The topological polar surface area (TPSA) is 63.9 Å². The van der Waals surface area contributed by atoms with Crippen molar-refractivity contribution in [2.24, 2.45) is 5.92 Å². The van der Waals surface area contributed by atoms with Crippen LogP contribution in [0, 0.1) is 5.92 Å². The molecular formula is C14H25N5OS. The van der Waals surface area contributed by atoms with Crippen molar-refractivity contribution in [2.45, 2.75) is 57.7 Å². The molecule has 2 heterocycles. The van der Waals surface area contributed by atoms with Crippen LogP contribution in [0.15, 0.2) is 5.16 Å². The van der Waals surface area contributed by atoms with Crippen LogP contribution in [0.1, 0.15) is 46.0 Å². The summed E-state index contributed by atoms with van der Waals surface area (Å²) in [5, 5.41) is 12.4. The molecule has 1 amide bonds. The minimum absolute atomic E-state index is 0.209. The highest BCUT2D eigenvalue weighted by Crippen LogP contribution is 2.17. The van der Waals surface area contributed by atoms with Crippen molar-refractivity contribution in [1.29, 1.82) is 0 Å². The number of likely N-dealkylation sites (tertiary alicyclic amines) is 1. The third-order valence-corrected chi connectivity index (χ3v) is 4.51. The Morgan fingerprint density at radius 3 is 2.52 bits per heavy atom. The summed E-state index contributed by atoms with van der Waals surface area (Å²) < 4.78 is 1.79. The molecule has 1 fully saturated rings. The van der Waals surface area contributed by atoms with Crippen LogP contribution < -0.4 is 0 Å². The van der Waals surface area contributed by atoms with Gasteiger partial charge >= 0.3 is 0 Å². The zero-order valence-electron chi connectivity index (χ0n) is 13.0. The Labute approximate surface area is 130 Å². The van der Waals surface area contributed by atoms with Crippen molar-refractivity contribution in [3.05, 3.63) is 0 Å². The molecule has 21 heavy (non-hydrogen) atoms. The molecule has 1 aliphatic heterocycles. The Morgan fingerprint density at radius 2 is 1.86 bits per heavy atom. The van der Waals surface area contributed by atoms with E-state index in [9.17, 15) is 4.79 Å². The fraction of sp³-hybridized carbons (Fsp3) is 0.857. The molecule has 1 aliphatic rings. The lowest BCUT2D eigenvalue weighted by molar-refractivity contribution is -0.128. The standard InChI is InChI=1S/C14H25N5OS/c1-12(2)10-19-14(15-16-17-19)21-11-13(20)18-8-6-4-3-5-7-9-18/h12H,3-11H2,1-2H3. The molecule has 1 aromatic rings. The molecule has 0 unspecified atom stereocenters. The third kappa shape index (κ3) is 5.30. The van der Waals surface area contributed by atoms with Gasteiger partial charge in [0.15, 0.2) is 0 Å². The average molecular weight is 311 g/mol. The maximum atomic E-state index is 12.3. The largest absolute Gasteiger partial charge is 0.342 e. The van der Waals surface area contributed by atoms with Gasteiger partial charge in [0, 0.05) is 19.6 Å². The summed E-state index contributed by atoms with van der Waals surface area (Å²) in [5.74, 6) is 1.12. The minimum atomic E-state index is 0.209. The molecule has 0 aromatic carbocycles. The third-order valence-electron chi connectivity index (χ3n) is 3.57. The summed E-state index contributed by atoms with van der Waals surface area (Å²) >= 11 is 1.45. The van der Waals surface area contributed by atoms with E-state index < -0.39 is 0 Å².